The standard InChI is InChI=1S/C6H14NOP/c1-6(5-8)7(2)3-4-9/h5-6H,3-4,9H2,1-2H3. The number of nitrogens with zero attached hydrogens (tertiary/aromatic N) is 1. The van der Waals surface area contributed by atoms with Gasteiger partial charge in [0.05, 0.1) is 6.04 Å². The number of aldehydes is 1. The predicted octanol–water partition coefficient (Wildman–Crippen LogP) is 0.381. The van der Waals surface area contributed by atoms with Gasteiger partial charge >= 0.3 is 0 Å². The van der Waals surface area contributed by atoms with Gasteiger partial charge in [-0.05, 0) is 20.1 Å². The Balaban J connectivity index is 3.44. The summed E-state index contributed by atoms with van der Waals surface area (Å²) < 4.78 is 0. The van der Waals surface area contributed by atoms with Crippen molar-refractivity contribution in [1.29, 1.82) is 0 Å². The van der Waals surface area contributed by atoms with E-state index >= 15 is 0 Å². The number of hydrogen-bond donors (Lipinski definition) is 0. The Hall–Kier alpha value is 0.0600. The molecule has 3 heteroatoms. The first-order chi connectivity index (χ1) is 4.22. The van der Waals surface area contributed by atoms with E-state index in [1.165, 1.54) is 0 Å². The molecule has 2 unspecified atom stereocenters. The van der Waals surface area contributed by atoms with E-state index in [0.717, 1.165) is 19.0 Å². The Morgan fingerprint density at radius 1 is 1.78 bits per heavy atom. The highest BCUT2D eigenvalue weighted by molar-refractivity contribution is 7.16. The maximum absolute atomic E-state index is 10.2. The number of carbonyl (C=O) groups excluding carboxylic acids is 1. The molecule has 0 aromatic heterocycles. The van der Waals surface area contributed by atoms with Gasteiger partial charge in [-0.1, -0.05) is 0 Å². The molecule has 54 valence electrons. The molecule has 0 saturated carbocycles. The van der Waals surface area contributed by atoms with Gasteiger partial charge in [0.1, 0.15) is 6.29 Å². The van der Waals surface area contributed by atoms with Crippen LogP contribution in [0.5, 0.6) is 0 Å². The van der Waals surface area contributed by atoms with Gasteiger partial charge in [-0.3, -0.25) is 4.90 Å². The van der Waals surface area contributed by atoms with Crippen molar-refractivity contribution in [2.45, 2.75) is 13.0 Å². The Kier molecular flexibility index (Phi) is 4.93. The quantitative estimate of drug-likeness (QED) is 0.423. The Bertz CT molecular complexity index is 87.1. The van der Waals surface area contributed by atoms with Gasteiger partial charge in [0.15, 0.2) is 0 Å². The van der Waals surface area contributed by atoms with E-state index in [2.05, 4.69) is 9.24 Å². The second-order valence-corrected chi connectivity index (χ2v) is 2.72. The summed E-state index contributed by atoms with van der Waals surface area (Å²) in [4.78, 5) is 12.2. The Labute approximate surface area is 58.8 Å². The second kappa shape index (κ2) is 4.89. The summed E-state index contributed by atoms with van der Waals surface area (Å²) in [5.41, 5.74) is 0. The van der Waals surface area contributed by atoms with E-state index in [-0.39, 0.29) is 6.04 Å². The molecule has 0 aliphatic rings. The van der Waals surface area contributed by atoms with Crippen LogP contribution in [0.15, 0.2) is 0 Å². The summed E-state index contributed by atoms with van der Waals surface area (Å²) in [5.74, 6) is 0. The monoisotopic (exact) mass is 147 g/mol. The van der Waals surface area contributed by atoms with Gasteiger partial charge in [0.2, 0.25) is 0 Å². The molecular weight excluding hydrogens is 133 g/mol. The van der Waals surface area contributed by atoms with Gasteiger partial charge in [-0.2, -0.15) is 0 Å². The molecule has 0 aliphatic carbocycles. The average molecular weight is 147 g/mol. The van der Waals surface area contributed by atoms with E-state index in [1.54, 1.807) is 0 Å². The fraction of sp³-hybridized carbons (Fsp3) is 0.833. The van der Waals surface area contributed by atoms with Crippen LogP contribution in [0.3, 0.4) is 0 Å². The average Bonchev–Trinajstić information content (AvgIpc) is 1.87. The third kappa shape index (κ3) is 3.61. The second-order valence-electron chi connectivity index (χ2n) is 2.15. The van der Waals surface area contributed by atoms with Gasteiger partial charge in [0.25, 0.3) is 0 Å². The molecule has 2 atom stereocenters. The number of hydrogen-bond acceptors (Lipinski definition) is 2. The minimum Gasteiger partial charge on any atom is -0.302 e. The predicted molar refractivity (Wildman–Crippen MR) is 42.7 cm³/mol. The van der Waals surface area contributed by atoms with Gasteiger partial charge < -0.3 is 4.79 Å². The molecular formula is C6H14NOP. The topological polar surface area (TPSA) is 20.3 Å². The van der Waals surface area contributed by atoms with Crippen molar-refractivity contribution in [2.75, 3.05) is 19.8 Å². The van der Waals surface area contributed by atoms with Crippen molar-refractivity contribution in [2.24, 2.45) is 0 Å². The molecule has 0 heterocycles. The highest BCUT2D eigenvalue weighted by atomic mass is 31.0. The lowest BCUT2D eigenvalue weighted by atomic mass is 10.3. The van der Waals surface area contributed by atoms with Crippen molar-refractivity contribution in [3.05, 3.63) is 0 Å². The van der Waals surface area contributed by atoms with Crippen LogP contribution in [-0.2, 0) is 4.79 Å². The molecule has 0 bridgehead atoms. The van der Waals surface area contributed by atoms with E-state index in [1.807, 2.05) is 18.9 Å². The summed E-state index contributed by atoms with van der Waals surface area (Å²) in [5, 5.41) is 0. The third-order valence-corrected chi connectivity index (χ3v) is 1.63. The number of carbonyl (C=O) groups is 1. The van der Waals surface area contributed by atoms with Crippen LogP contribution < -0.4 is 0 Å². The van der Waals surface area contributed by atoms with E-state index < -0.39 is 0 Å². The Morgan fingerprint density at radius 2 is 2.33 bits per heavy atom. The van der Waals surface area contributed by atoms with Crippen LogP contribution in [0.25, 0.3) is 0 Å². The van der Waals surface area contributed by atoms with Crippen molar-refractivity contribution in [1.82, 2.24) is 4.90 Å². The van der Waals surface area contributed by atoms with E-state index in [0.29, 0.717) is 0 Å². The third-order valence-electron chi connectivity index (χ3n) is 1.37. The molecule has 0 spiro atoms. The lowest BCUT2D eigenvalue weighted by Crippen LogP contribution is -2.31. The first-order valence-electron chi connectivity index (χ1n) is 3.08. The normalized spacial score (nSPS) is 13.8. The first-order valence-corrected chi connectivity index (χ1v) is 3.89. The molecule has 0 fully saturated rings. The van der Waals surface area contributed by atoms with Crippen LogP contribution in [0.1, 0.15) is 6.92 Å². The summed E-state index contributed by atoms with van der Waals surface area (Å²) in [7, 11) is 4.58. The minimum absolute atomic E-state index is 0.0607. The number of likely N-dealkylation sites (N-methyl/N-ethyl adjacent to an activating group) is 1. The van der Waals surface area contributed by atoms with Gasteiger partial charge in [-0.15, -0.1) is 9.24 Å². The largest absolute Gasteiger partial charge is 0.302 e. The van der Waals surface area contributed by atoms with Crippen molar-refractivity contribution < 1.29 is 4.79 Å². The highest BCUT2D eigenvalue weighted by Crippen LogP contribution is 1.92. The molecule has 2 nitrogen and oxygen atoms in total. The zero-order chi connectivity index (χ0) is 7.28. The zero-order valence-electron chi connectivity index (χ0n) is 6.00. The van der Waals surface area contributed by atoms with Crippen LogP contribution in [-0.4, -0.2) is 37.0 Å². The molecule has 0 amide bonds. The fourth-order valence-electron chi connectivity index (χ4n) is 0.511. The smallest absolute Gasteiger partial charge is 0.136 e. The summed E-state index contributed by atoms with van der Waals surface area (Å²) in [6.07, 6.45) is 1.98. The SMILES string of the molecule is CC(C=O)N(C)CCP. The van der Waals surface area contributed by atoms with E-state index in [4.69, 9.17) is 0 Å². The molecule has 0 aliphatic heterocycles. The van der Waals surface area contributed by atoms with Gasteiger partial charge in [0, 0.05) is 6.54 Å². The molecule has 0 aromatic carbocycles. The van der Waals surface area contributed by atoms with Crippen molar-refractivity contribution in [3.8, 4) is 0 Å². The highest BCUT2D eigenvalue weighted by Gasteiger charge is 2.03. The molecule has 0 radical (unpaired) electrons. The summed E-state index contributed by atoms with van der Waals surface area (Å²) in [6.45, 7) is 2.86. The zero-order valence-corrected chi connectivity index (χ0v) is 7.16. The lowest BCUT2D eigenvalue weighted by Gasteiger charge is -2.17. The molecule has 0 N–H and O–H groups in total. The maximum atomic E-state index is 10.2. The van der Waals surface area contributed by atoms with Crippen molar-refractivity contribution >= 4 is 15.5 Å². The van der Waals surface area contributed by atoms with E-state index in [9.17, 15) is 4.79 Å². The molecule has 0 aromatic rings. The molecule has 9 heavy (non-hydrogen) atoms. The molecule has 0 rings (SSSR count). The van der Waals surface area contributed by atoms with Crippen LogP contribution in [0.4, 0.5) is 0 Å². The van der Waals surface area contributed by atoms with Crippen LogP contribution >= 0.6 is 9.24 Å². The Morgan fingerprint density at radius 3 is 2.67 bits per heavy atom. The maximum Gasteiger partial charge on any atom is 0.136 e. The van der Waals surface area contributed by atoms with Crippen LogP contribution in [0.2, 0.25) is 0 Å². The summed E-state index contributed by atoms with van der Waals surface area (Å²) >= 11 is 0. The first kappa shape index (κ1) is 9.06. The van der Waals surface area contributed by atoms with Crippen molar-refractivity contribution in [3.63, 3.8) is 0 Å². The molecule has 0 saturated heterocycles. The number of rotatable bonds is 4. The fourth-order valence-corrected chi connectivity index (χ4v) is 0.918. The summed E-state index contributed by atoms with van der Waals surface area (Å²) in [6, 6.07) is 0.0607. The van der Waals surface area contributed by atoms with Gasteiger partial charge in [-0.25, -0.2) is 0 Å². The minimum atomic E-state index is 0.0607. The van der Waals surface area contributed by atoms with Crippen LogP contribution in [0, 0.1) is 0 Å². The lowest BCUT2D eigenvalue weighted by molar-refractivity contribution is -0.111.